The lowest BCUT2D eigenvalue weighted by Gasteiger charge is -2.17. The van der Waals surface area contributed by atoms with Crippen molar-refractivity contribution in [3.05, 3.63) is 60.2 Å². The number of benzene rings is 1. The molecule has 0 heterocycles. The molecule has 102 valence electrons. The predicted octanol–water partition coefficient (Wildman–Crippen LogP) is 4.45. The summed E-state index contributed by atoms with van der Waals surface area (Å²) in [7, 11) is 0. The highest BCUT2D eigenvalue weighted by atomic mass is 16.5. The van der Waals surface area contributed by atoms with E-state index in [9.17, 15) is 4.79 Å². The monoisotopic (exact) mass is 258 g/mol. The highest BCUT2D eigenvalue weighted by molar-refractivity contribution is 5.72. The molecule has 1 aromatic carbocycles. The van der Waals surface area contributed by atoms with Gasteiger partial charge in [0.05, 0.1) is 5.92 Å². The van der Waals surface area contributed by atoms with Crippen LogP contribution in [0.2, 0.25) is 0 Å². The quantitative estimate of drug-likeness (QED) is 0.556. The first-order valence-electron chi connectivity index (χ1n) is 6.74. The maximum absolute atomic E-state index is 11.9. The number of hydrogen-bond donors (Lipinski definition) is 0. The van der Waals surface area contributed by atoms with Gasteiger partial charge < -0.3 is 4.74 Å². The minimum Gasteiger partial charge on any atom is -0.453 e. The second kappa shape index (κ2) is 8.30. The molecule has 0 N–H and O–H groups in total. The fourth-order valence-electron chi connectivity index (χ4n) is 1.55. The van der Waals surface area contributed by atoms with E-state index >= 15 is 0 Å². The summed E-state index contributed by atoms with van der Waals surface area (Å²) in [4.78, 5) is 11.9. The van der Waals surface area contributed by atoms with Crippen molar-refractivity contribution in [3.63, 3.8) is 0 Å². The van der Waals surface area contributed by atoms with E-state index in [0.29, 0.717) is 0 Å². The molecule has 0 spiro atoms. The van der Waals surface area contributed by atoms with E-state index in [1.54, 1.807) is 0 Å². The maximum atomic E-state index is 11.9. The molecule has 19 heavy (non-hydrogen) atoms. The van der Waals surface area contributed by atoms with Gasteiger partial charge in [-0.3, -0.25) is 4.79 Å². The number of allylic oxidation sites excluding steroid dienone is 3. The summed E-state index contributed by atoms with van der Waals surface area (Å²) in [5.41, 5.74) is 0.986. The zero-order valence-corrected chi connectivity index (χ0v) is 11.9. The van der Waals surface area contributed by atoms with Crippen LogP contribution in [-0.4, -0.2) is 5.97 Å². The molecule has 0 aliphatic heterocycles. The van der Waals surface area contributed by atoms with Crippen LogP contribution < -0.4 is 0 Å². The Bertz CT molecular complexity index is 432. The van der Waals surface area contributed by atoms with Crippen molar-refractivity contribution in [2.75, 3.05) is 0 Å². The molecule has 0 saturated heterocycles. The average molecular weight is 258 g/mol. The summed E-state index contributed by atoms with van der Waals surface area (Å²) in [5.74, 6) is -0.220. The largest absolute Gasteiger partial charge is 0.453 e. The third-order valence-electron chi connectivity index (χ3n) is 2.98. The van der Waals surface area contributed by atoms with E-state index < -0.39 is 0 Å². The first kappa shape index (κ1) is 15.2. The van der Waals surface area contributed by atoms with Crippen LogP contribution in [0, 0.1) is 5.92 Å². The van der Waals surface area contributed by atoms with E-state index in [4.69, 9.17) is 4.74 Å². The molecule has 0 amide bonds. The van der Waals surface area contributed by atoms with Crippen LogP contribution in [-0.2, 0) is 9.53 Å². The van der Waals surface area contributed by atoms with Crippen LogP contribution in [0.4, 0.5) is 0 Å². The lowest BCUT2D eigenvalue weighted by molar-refractivity contribution is -0.151. The Labute approximate surface area is 115 Å². The Hall–Kier alpha value is -1.83. The van der Waals surface area contributed by atoms with Gasteiger partial charge >= 0.3 is 5.97 Å². The van der Waals surface area contributed by atoms with Crippen LogP contribution in [0.15, 0.2) is 54.6 Å². The highest BCUT2D eigenvalue weighted by Gasteiger charge is 2.17. The normalized spacial score (nSPS) is 14.7. The Balaban J connectivity index is 2.84. The summed E-state index contributed by atoms with van der Waals surface area (Å²) < 4.78 is 5.58. The van der Waals surface area contributed by atoms with E-state index in [-0.39, 0.29) is 18.0 Å². The molecule has 0 aliphatic rings. The van der Waals surface area contributed by atoms with Crippen molar-refractivity contribution < 1.29 is 9.53 Å². The molecule has 0 bridgehead atoms. The molecule has 2 heteroatoms. The van der Waals surface area contributed by atoms with Gasteiger partial charge in [0.15, 0.2) is 0 Å². The fourth-order valence-corrected chi connectivity index (χ4v) is 1.55. The Kier molecular flexibility index (Phi) is 6.65. The summed E-state index contributed by atoms with van der Waals surface area (Å²) in [6.07, 6.45) is 8.14. The lowest BCUT2D eigenvalue weighted by atomic mass is 10.1. The fraction of sp³-hybridized carbons (Fsp3) is 0.353. The van der Waals surface area contributed by atoms with Crippen LogP contribution in [0.5, 0.6) is 0 Å². The summed E-state index contributed by atoms with van der Waals surface area (Å²) in [6, 6.07) is 9.78. The second-order valence-electron chi connectivity index (χ2n) is 4.49. The molecule has 0 aliphatic carbocycles. The second-order valence-corrected chi connectivity index (χ2v) is 4.49. The van der Waals surface area contributed by atoms with Crippen molar-refractivity contribution in [1.29, 1.82) is 0 Å². The molecule has 0 saturated carbocycles. The van der Waals surface area contributed by atoms with Gasteiger partial charge in [0.25, 0.3) is 0 Å². The summed E-state index contributed by atoms with van der Waals surface area (Å²) in [5, 5.41) is 0. The number of carbonyl (C=O) groups excluding carboxylic acids is 1. The molecule has 0 radical (unpaired) electrons. The van der Waals surface area contributed by atoms with Crippen molar-refractivity contribution in [1.82, 2.24) is 0 Å². The average Bonchev–Trinajstić information content (AvgIpc) is 2.46. The SMILES string of the molecule is C/C=C/C=C/C(OC(=O)C(C)CC)c1ccccc1. The van der Waals surface area contributed by atoms with Gasteiger partial charge in [-0.2, -0.15) is 0 Å². The van der Waals surface area contributed by atoms with E-state index in [2.05, 4.69) is 0 Å². The smallest absolute Gasteiger partial charge is 0.309 e. The minimum atomic E-state index is -0.320. The third-order valence-corrected chi connectivity index (χ3v) is 2.98. The van der Waals surface area contributed by atoms with Gasteiger partial charge in [0.2, 0.25) is 0 Å². The standard InChI is InChI=1S/C17H22O2/c1-4-6-8-13-16(15-11-9-7-10-12-15)19-17(18)14(3)5-2/h4,6-14,16H,5H2,1-3H3/b6-4+,13-8+. The van der Waals surface area contributed by atoms with Gasteiger partial charge in [-0.1, -0.05) is 62.4 Å². The molecule has 0 fully saturated rings. The van der Waals surface area contributed by atoms with Gasteiger partial charge in [-0.05, 0) is 25.0 Å². The first-order valence-corrected chi connectivity index (χ1v) is 6.74. The third kappa shape index (κ3) is 5.12. The molecule has 1 rings (SSSR count). The van der Waals surface area contributed by atoms with Crippen LogP contribution in [0.1, 0.15) is 38.9 Å². The molecular weight excluding hydrogens is 236 g/mol. The van der Waals surface area contributed by atoms with Gasteiger partial charge in [-0.25, -0.2) is 0 Å². The number of rotatable bonds is 6. The number of hydrogen-bond acceptors (Lipinski definition) is 2. The van der Waals surface area contributed by atoms with Crippen molar-refractivity contribution in [2.24, 2.45) is 5.92 Å². The molecular formula is C17H22O2. The molecule has 2 atom stereocenters. The zero-order chi connectivity index (χ0) is 14.1. The van der Waals surface area contributed by atoms with Gasteiger partial charge in [-0.15, -0.1) is 0 Å². The maximum Gasteiger partial charge on any atom is 0.309 e. The number of esters is 1. The van der Waals surface area contributed by atoms with E-state index in [1.165, 1.54) is 0 Å². The number of ether oxygens (including phenoxy) is 1. The first-order chi connectivity index (χ1) is 9.19. The Morgan fingerprint density at radius 1 is 1.26 bits per heavy atom. The van der Waals surface area contributed by atoms with E-state index in [0.717, 1.165) is 12.0 Å². The van der Waals surface area contributed by atoms with Crippen molar-refractivity contribution in [2.45, 2.75) is 33.3 Å². The Morgan fingerprint density at radius 3 is 2.53 bits per heavy atom. The minimum absolute atomic E-state index is 0.0682. The molecule has 2 nitrogen and oxygen atoms in total. The zero-order valence-electron chi connectivity index (χ0n) is 11.9. The summed E-state index contributed by atoms with van der Waals surface area (Å²) in [6.45, 7) is 5.83. The molecule has 0 aromatic heterocycles. The van der Waals surface area contributed by atoms with Gasteiger partial charge in [0, 0.05) is 0 Å². The van der Waals surface area contributed by atoms with Crippen molar-refractivity contribution in [3.8, 4) is 0 Å². The van der Waals surface area contributed by atoms with Crippen LogP contribution in [0.25, 0.3) is 0 Å². The topological polar surface area (TPSA) is 26.3 Å². The molecule has 2 unspecified atom stereocenters. The molecule has 1 aromatic rings. The van der Waals surface area contributed by atoms with Crippen LogP contribution >= 0.6 is 0 Å². The van der Waals surface area contributed by atoms with Gasteiger partial charge in [0.1, 0.15) is 6.10 Å². The summed E-state index contributed by atoms with van der Waals surface area (Å²) >= 11 is 0. The van der Waals surface area contributed by atoms with Crippen LogP contribution in [0.3, 0.4) is 0 Å². The lowest BCUT2D eigenvalue weighted by Crippen LogP contribution is -2.16. The highest BCUT2D eigenvalue weighted by Crippen LogP contribution is 2.21. The van der Waals surface area contributed by atoms with E-state index in [1.807, 2.05) is 75.4 Å². The predicted molar refractivity (Wildman–Crippen MR) is 78.7 cm³/mol. The Morgan fingerprint density at radius 2 is 1.95 bits per heavy atom. The van der Waals surface area contributed by atoms with Crippen molar-refractivity contribution >= 4 is 5.97 Å². The number of carbonyl (C=O) groups is 1.